The smallest absolute Gasteiger partial charge is 0.408 e. The third kappa shape index (κ3) is 9.71. The summed E-state index contributed by atoms with van der Waals surface area (Å²) in [4.78, 5) is 51.7. The molecule has 4 N–H and O–H groups in total. The first kappa shape index (κ1) is 30.1. The molecule has 36 heavy (non-hydrogen) atoms. The van der Waals surface area contributed by atoms with Crippen molar-refractivity contribution in [1.82, 2.24) is 15.5 Å². The summed E-state index contributed by atoms with van der Waals surface area (Å²) in [6.07, 6.45) is 11.5. The largest absolute Gasteiger partial charge is 0.444 e. The molecule has 0 aliphatic carbocycles. The summed E-state index contributed by atoms with van der Waals surface area (Å²) < 4.78 is 5.25. The molecule has 0 saturated carbocycles. The average Bonchev–Trinajstić information content (AvgIpc) is 2.78. The number of benzene rings is 1. The van der Waals surface area contributed by atoms with E-state index in [4.69, 9.17) is 23.3 Å². The fraction of sp³-hybridized carbons (Fsp3) is 0.481. The summed E-state index contributed by atoms with van der Waals surface area (Å²) in [5.41, 5.74) is 5.44. The van der Waals surface area contributed by atoms with Crippen LogP contribution in [0.4, 0.5) is 4.79 Å². The number of nitrogens with one attached hydrogen (secondary N) is 2. The summed E-state index contributed by atoms with van der Waals surface area (Å²) in [7, 11) is 0. The standard InChI is InChI=1S/C27H36N4O5/c1-8-11-18(4)29-24(33)23(20-14-12-19(9-2)13-15-20)31(10-3)25(34)21(16-17-22(28)32)30-26(35)36-27(5,6)7/h2-3,12-15,18,21,23H,8,11,16-17H2,1,4-7H3,(H2,28,32)(H,29,33)(H,30,35). The molecule has 9 heteroatoms. The van der Waals surface area contributed by atoms with Crippen molar-refractivity contribution in [3.63, 3.8) is 0 Å². The highest BCUT2D eigenvalue weighted by atomic mass is 16.6. The minimum absolute atomic E-state index is 0.137. The number of carbonyl (C=O) groups is 4. The first-order valence-electron chi connectivity index (χ1n) is 11.8. The highest BCUT2D eigenvalue weighted by Gasteiger charge is 2.36. The summed E-state index contributed by atoms with van der Waals surface area (Å²) in [6.45, 7) is 8.83. The van der Waals surface area contributed by atoms with E-state index < -0.39 is 41.5 Å². The Labute approximate surface area is 213 Å². The lowest BCUT2D eigenvalue weighted by Crippen LogP contribution is -2.52. The van der Waals surface area contributed by atoms with Gasteiger partial charge < -0.3 is 21.1 Å². The van der Waals surface area contributed by atoms with Gasteiger partial charge in [-0.25, -0.2) is 4.79 Å². The summed E-state index contributed by atoms with van der Waals surface area (Å²) in [5, 5.41) is 5.34. The maximum atomic E-state index is 13.6. The zero-order valence-electron chi connectivity index (χ0n) is 21.6. The predicted octanol–water partition coefficient (Wildman–Crippen LogP) is 2.59. The zero-order valence-corrected chi connectivity index (χ0v) is 21.6. The molecule has 0 radical (unpaired) electrons. The van der Waals surface area contributed by atoms with Gasteiger partial charge in [-0.15, -0.1) is 6.42 Å². The second-order valence-corrected chi connectivity index (χ2v) is 9.41. The van der Waals surface area contributed by atoms with Crippen molar-refractivity contribution in [2.75, 3.05) is 0 Å². The van der Waals surface area contributed by atoms with E-state index in [1.165, 1.54) is 0 Å². The van der Waals surface area contributed by atoms with E-state index >= 15 is 0 Å². The van der Waals surface area contributed by atoms with E-state index in [9.17, 15) is 19.2 Å². The zero-order chi connectivity index (χ0) is 27.5. The Morgan fingerprint density at radius 3 is 2.17 bits per heavy atom. The first-order valence-corrected chi connectivity index (χ1v) is 11.8. The number of terminal acetylenes is 2. The molecule has 0 spiro atoms. The number of primary amides is 1. The quantitative estimate of drug-likeness (QED) is 0.320. The molecule has 1 aromatic rings. The van der Waals surface area contributed by atoms with Gasteiger partial charge >= 0.3 is 6.09 Å². The van der Waals surface area contributed by atoms with Crippen LogP contribution in [0.2, 0.25) is 0 Å². The molecule has 9 nitrogen and oxygen atoms in total. The van der Waals surface area contributed by atoms with Gasteiger partial charge in [-0.2, -0.15) is 0 Å². The van der Waals surface area contributed by atoms with Crippen LogP contribution in [0.3, 0.4) is 0 Å². The molecule has 1 aromatic carbocycles. The number of alkyl carbamates (subject to hydrolysis) is 1. The average molecular weight is 497 g/mol. The number of rotatable bonds is 11. The van der Waals surface area contributed by atoms with E-state index in [1.807, 2.05) is 13.8 Å². The molecule has 0 aliphatic heterocycles. The van der Waals surface area contributed by atoms with Gasteiger partial charge in [0, 0.05) is 24.1 Å². The highest BCUT2D eigenvalue weighted by Crippen LogP contribution is 2.24. The second-order valence-electron chi connectivity index (χ2n) is 9.41. The Hall–Kier alpha value is -3.98. The molecular weight excluding hydrogens is 460 g/mol. The van der Waals surface area contributed by atoms with E-state index in [2.05, 4.69) is 22.6 Å². The van der Waals surface area contributed by atoms with Crippen molar-refractivity contribution in [3.8, 4) is 24.8 Å². The topological polar surface area (TPSA) is 131 Å². The lowest BCUT2D eigenvalue weighted by molar-refractivity contribution is -0.139. The van der Waals surface area contributed by atoms with Crippen molar-refractivity contribution < 1.29 is 23.9 Å². The van der Waals surface area contributed by atoms with Crippen LogP contribution in [0.15, 0.2) is 24.3 Å². The first-order chi connectivity index (χ1) is 16.8. The van der Waals surface area contributed by atoms with Crippen LogP contribution in [-0.4, -0.2) is 46.4 Å². The van der Waals surface area contributed by atoms with Crippen molar-refractivity contribution in [3.05, 3.63) is 35.4 Å². The molecule has 0 bridgehead atoms. The number of hydrogen-bond acceptors (Lipinski definition) is 5. The number of carbonyl (C=O) groups excluding carboxylic acids is 4. The second kappa shape index (κ2) is 13.8. The number of nitrogens with two attached hydrogens (primary N) is 1. The predicted molar refractivity (Wildman–Crippen MR) is 137 cm³/mol. The monoisotopic (exact) mass is 496 g/mol. The Morgan fingerprint density at radius 2 is 1.69 bits per heavy atom. The number of hydrogen-bond donors (Lipinski definition) is 3. The highest BCUT2D eigenvalue weighted by molar-refractivity contribution is 5.93. The number of ether oxygens (including phenoxy) is 1. The van der Waals surface area contributed by atoms with Crippen LogP contribution in [0.5, 0.6) is 0 Å². The minimum atomic E-state index is -1.27. The van der Waals surface area contributed by atoms with Gasteiger partial charge in [0.05, 0.1) is 0 Å². The maximum absolute atomic E-state index is 13.6. The van der Waals surface area contributed by atoms with Gasteiger partial charge in [0.15, 0.2) is 0 Å². The van der Waals surface area contributed by atoms with Gasteiger partial charge in [-0.05, 0) is 58.2 Å². The van der Waals surface area contributed by atoms with Crippen LogP contribution in [0.25, 0.3) is 0 Å². The van der Waals surface area contributed by atoms with E-state index in [1.54, 1.807) is 45.0 Å². The minimum Gasteiger partial charge on any atom is -0.444 e. The van der Waals surface area contributed by atoms with Crippen LogP contribution in [0, 0.1) is 24.8 Å². The molecule has 0 saturated heterocycles. The van der Waals surface area contributed by atoms with Gasteiger partial charge in [0.25, 0.3) is 5.91 Å². The fourth-order valence-electron chi connectivity index (χ4n) is 3.43. The third-order valence-corrected chi connectivity index (χ3v) is 5.05. The molecule has 194 valence electrons. The summed E-state index contributed by atoms with van der Waals surface area (Å²) in [5.74, 6) is 0.560. The normalized spacial score (nSPS) is 13.2. The molecule has 0 fully saturated rings. The third-order valence-electron chi connectivity index (χ3n) is 5.05. The van der Waals surface area contributed by atoms with Crippen molar-refractivity contribution in [1.29, 1.82) is 0 Å². The lowest BCUT2D eigenvalue weighted by atomic mass is 10.0. The number of amides is 4. The molecule has 0 aromatic heterocycles. The molecule has 0 aliphatic rings. The molecule has 3 atom stereocenters. The van der Waals surface area contributed by atoms with E-state index in [0.29, 0.717) is 11.1 Å². The van der Waals surface area contributed by atoms with Gasteiger partial charge in [-0.3, -0.25) is 19.3 Å². The summed E-state index contributed by atoms with van der Waals surface area (Å²) in [6, 6.07) is 6.11. The SMILES string of the molecule is C#Cc1ccc(C(C(=O)NC(C)CCC)N(C#C)C(=O)C(CCC(N)=O)NC(=O)OC(C)(C)C)cc1. The van der Waals surface area contributed by atoms with Crippen LogP contribution < -0.4 is 16.4 Å². The Balaban J connectivity index is 3.41. The Bertz CT molecular complexity index is 1010. The molecule has 0 heterocycles. The van der Waals surface area contributed by atoms with Crippen molar-refractivity contribution >= 4 is 23.8 Å². The lowest BCUT2D eigenvalue weighted by Gasteiger charge is -2.31. The number of nitrogens with zero attached hydrogens (tertiary/aromatic N) is 1. The van der Waals surface area contributed by atoms with Gasteiger partial charge in [0.1, 0.15) is 17.7 Å². The van der Waals surface area contributed by atoms with Crippen LogP contribution >= 0.6 is 0 Å². The molecular formula is C27H36N4O5. The maximum Gasteiger partial charge on any atom is 0.408 e. The van der Waals surface area contributed by atoms with Gasteiger partial charge in [-0.1, -0.05) is 37.8 Å². The van der Waals surface area contributed by atoms with Crippen LogP contribution in [0.1, 0.15) is 77.5 Å². The molecule has 4 amide bonds. The van der Waals surface area contributed by atoms with E-state index in [-0.39, 0.29) is 18.9 Å². The van der Waals surface area contributed by atoms with Crippen molar-refractivity contribution in [2.24, 2.45) is 5.73 Å². The molecule has 1 rings (SSSR count). The molecule has 3 unspecified atom stereocenters. The van der Waals surface area contributed by atoms with Gasteiger partial charge in [0.2, 0.25) is 11.8 Å². The van der Waals surface area contributed by atoms with E-state index in [0.717, 1.165) is 17.7 Å². The van der Waals surface area contributed by atoms with Crippen LogP contribution in [-0.2, 0) is 19.1 Å². The summed E-state index contributed by atoms with van der Waals surface area (Å²) >= 11 is 0. The Kier molecular flexibility index (Phi) is 11.5. The Morgan fingerprint density at radius 1 is 1.08 bits per heavy atom. The fourth-order valence-corrected chi connectivity index (χ4v) is 3.43. The van der Waals surface area contributed by atoms with Crippen molar-refractivity contribution in [2.45, 2.75) is 84.0 Å².